The molecule has 4 aromatic rings. The van der Waals surface area contributed by atoms with E-state index >= 15 is 0 Å². The number of benzene rings is 1. The number of aromatic amines is 1. The number of imidazole rings is 1. The van der Waals surface area contributed by atoms with Crippen molar-refractivity contribution in [3.05, 3.63) is 60.5 Å². The Morgan fingerprint density at radius 1 is 1.30 bits per heavy atom. The summed E-state index contributed by atoms with van der Waals surface area (Å²) in [6, 6.07) is 9.59. The van der Waals surface area contributed by atoms with Crippen LogP contribution in [-0.2, 0) is 11.3 Å². The van der Waals surface area contributed by atoms with E-state index in [1.165, 1.54) is 0 Å². The van der Waals surface area contributed by atoms with Gasteiger partial charge in [-0.05, 0) is 29.8 Å². The van der Waals surface area contributed by atoms with Crippen molar-refractivity contribution in [3.63, 3.8) is 0 Å². The first-order valence-electron chi connectivity index (χ1n) is 8.70. The first kappa shape index (κ1) is 15.7. The van der Waals surface area contributed by atoms with Gasteiger partial charge in [0.1, 0.15) is 0 Å². The summed E-state index contributed by atoms with van der Waals surface area (Å²) < 4.78 is 5.47. The van der Waals surface area contributed by atoms with Crippen molar-refractivity contribution in [1.82, 2.24) is 30.0 Å². The fourth-order valence-corrected chi connectivity index (χ4v) is 3.40. The average Bonchev–Trinajstić information content (AvgIpc) is 3.42. The fraction of sp³-hybridized carbons (Fsp3) is 0.211. The van der Waals surface area contributed by atoms with Crippen LogP contribution in [0.3, 0.4) is 0 Å². The predicted octanol–water partition coefficient (Wildman–Crippen LogP) is 2.52. The van der Waals surface area contributed by atoms with Crippen molar-refractivity contribution >= 4 is 16.9 Å². The van der Waals surface area contributed by atoms with Crippen molar-refractivity contribution in [3.8, 4) is 11.4 Å². The molecule has 5 rings (SSSR count). The molecule has 1 aliphatic heterocycles. The lowest BCUT2D eigenvalue weighted by Crippen LogP contribution is -2.24. The molecule has 1 amide bonds. The molecule has 0 bridgehead atoms. The Kier molecular flexibility index (Phi) is 3.67. The first-order chi connectivity index (χ1) is 13.3. The number of pyridine rings is 1. The topological polar surface area (TPSA) is 101 Å². The van der Waals surface area contributed by atoms with Crippen LogP contribution in [0.1, 0.15) is 23.8 Å². The van der Waals surface area contributed by atoms with Crippen molar-refractivity contribution in [1.29, 1.82) is 0 Å². The van der Waals surface area contributed by atoms with Gasteiger partial charge in [-0.2, -0.15) is 4.98 Å². The highest BCUT2D eigenvalue weighted by molar-refractivity contribution is 5.80. The number of nitrogens with zero attached hydrogens (tertiary/aromatic N) is 5. The third kappa shape index (κ3) is 2.95. The second kappa shape index (κ2) is 6.31. The number of rotatable bonds is 4. The number of carbonyl (C=O) groups is 1. The SMILES string of the molecule is O=C1C[C@@H](c2nc(-c3ccc4nc[nH]c4c3)no2)CN1Cc1cccnc1. The summed E-state index contributed by atoms with van der Waals surface area (Å²) >= 11 is 0. The van der Waals surface area contributed by atoms with E-state index in [1.807, 2.05) is 35.2 Å². The van der Waals surface area contributed by atoms with Gasteiger partial charge in [0.05, 0.1) is 23.3 Å². The van der Waals surface area contributed by atoms with Gasteiger partial charge < -0.3 is 14.4 Å². The van der Waals surface area contributed by atoms with Crippen molar-refractivity contribution in [2.75, 3.05) is 6.54 Å². The van der Waals surface area contributed by atoms with Gasteiger partial charge in [0.25, 0.3) is 0 Å². The highest BCUT2D eigenvalue weighted by Gasteiger charge is 2.34. The first-order valence-corrected chi connectivity index (χ1v) is 8.70. The van der Waals surface area contributed by atoms with Gasteiger partial charge >= 0.3 is 0 Å². The van der Waals surface area contributed by atoms with Gasteiger partial charge in [0.15, 0.2) is 0 Å². The van der Waals surface area contributed by atoms with E-state index in [2.05, 4.69) is 25.1 Å². The summed E-state index contributed by atoms with van der Waals surface area (Å²) in [6.45, 7) is 1.11. The molecular formula is C19H16N6O2. The highest BCUT2D eigenvalue weighted by atomic mass is 16.5. The molecule has 0 saturated carbocycles. The molecule has 1 fully saturated rings. The molecule has 1 atom stereocenters. The molecule has 27 heavy (non-hydrogen) atoms. The lowest BCUT2D eigenvalue weighted by atomic mass is 10.1. The second-order valence-electron chi connectivity index (χ2n) is 6.63. The van der Waals surface area contributed by atoms with Gasteiger partial charge in [0.2, 0.25) is 17.6 Å². The number of hydrogen-bond acceptors (Lipinski definition) is 6. The zero-order valence-corrected chi connectivity index (χ0v) is 14.4. The minimum absolute atomic E-state index is 0.0856. The van der Waals surface area contributed by atoms with Crippen LogP contribution < -0.4 is 0 Å². The summed E-state index contributed by atoms with van der Waals surface area (Å²) in [6.07, 6.45) is 5.52. The Balaban J connectivity index is 1.34. The Hall–Kier alpha value is -3.55. The second-order valence-corrected chi connectivity index (χ2v) is 6.63. The number of aromatic nitrogens is 5. The zero-order valence-electron chi connectivity index (χ0n) is 14.4. The molecule has 4 heterocycles. The van der Waals surface area contributed by atoms with E-state index in [-0.39, 0.29) is 11.8 Å². The number of nitrogens with one attached hydrogen (secondary N) is 1. The number of hydrogen-bond donors (Lipinski definition) is 1. The van der Waals surface area contributed by atoms with Gasteiger partial charge in [-0.3, -0.25) is 9.78 Å². The van der Waals surface area contributed by atoms with Crippen molar-refractivity contribution < 1.29 is 9.32 Å². The number of fused-ring (bicyclic) bond motifs is 1. The molecule has 134 valence electrons. The molecule has 0 spiro atoms. The summed E-state index contributed by atoms with van der Waals surface area (Å²) in [5.41, 5.74) is 3.65. The standard InChI is InChI=1S/C19H16N6O2/c26-17-7-14(10-25(17)9-12-2-1-5-20-8-12)19-23-18(24-27-19)13-3-4-15-16(6-13)22-11-21-15/h1-6,8,11,14H,7,9-10H2,(H,21,22)/t14-/m1/s1. The molecule has 8 nitrogen and oxygen atoms in total. The number of amides is 1. The van der Waals surface area contributed by atoms with Gasteiger partial charge in [-0.1, -0.05) is 11.2 Å². The highest BCUT2D eigenvalue weighted by Crippen LogP contribution is 2.30. The third-order valence-corrected chi connectivity index (χ3v) is 4.78. The summed E-state index contributed by atoms with van der Waals surface area (Å²) in [5.74, 6) is 1.00. The Labute approximate surface area is 154 Å². The van der Waals surface area contributed by atoms with Crippen molar-refractivity contribution in [2.24, 2.45) is 0 Å². The molecule has 0 radical (unpaired) electrons. The molecule has 0 unspecified atom stereocenters. The van der Waals surface area contributed by atoms with Crippen LogP contribution in [0.15, 0.2) is 53.6 Å². The molecule has 8 heteroatoms. The van der Waals surface area contributed by atoms with Crippen LogP contribution in [0, 0.1) is 0 Å². The van der Waals surface area contributed by atoms with E-state index in [0.717, 1.165) is 22.2 Å². The number of H-pyrrole nitrogens is 1. The molecule has 1 aromatic carbocycles. The maximum Gasteiger partial charge on any atom is 0.232 e. The maximum atomic E-state index is 12.4. The Morgan fingerprint density at radius 3 is 3.15 bits per heavy atom. The normalized spacial score (nSPS) is 17.1. The van der Waals surface area contributed by atoms with Crippen LogP contribution in [-0.4, -0.2) is 42.4 Å². The predicted molar refractivity (Wildman–Crippen MR) is 96.4 cm³/mol. The van der Waals surface area contributed by atoms with Crippen LogP contribution in [0.25, 0.3) is 22.4 Å². The summed E-state index contributed by atoms with van der Waals surface area (Å²) in [5, 5.41) is 4.10. The molecule has 1 aliphatic rings. The maximum absolute atomic E-state index is 12.4. The number of carbonyl (C=O) groups excluding carboxylic acids is 1. The molecule has 1 N–H and O–H groups in total. The number of likely N-dealkylation sites (tertiary alicyclic amines) is 1. The Morgan fingerprint density at radius 2 is 2.26 bits per heavy atom. The largest absolute Gasteiger partial charge is 0.345 e. The van der Waals surface area contributed by atoms with E-state index in [9.17, 15) is 4.79 Å². The summed E-state index contributed by atoms with van der Waals surface area (Å²) in [7, 11) is 0. The molecular weight excluding hydrogens is 344 g/mol. The van der Waals surface area contributed by atoms with E-state index in [4.69, 9.17) is 4.52 Å². The van der Waals surface area contributed by atoms with E-state index < -0.39 is 0 Å². The quantitative estimate of drug-likeness (QED) is 0.600. The van der Waals surface area contributed by atoms with E-state index in [0.29, 0.717) is 31.2 Å². The molecule has 3 aromatic heterocycles. The van der Waals surface area contributed by atoms with Gasteiger partial charge in [0, 0.05) is 37.5 Å². The lowest BCUT2D eigenvalue weighted by molar-refractivity contribution is -0.128. The molecule has 0 aliphatic carbocycles. The minimum Gasteiger partial charge on any atom is -0.345 e. The van der Waals surface area contributed by atoms with Crippen LogP contribution in [0.4, 0.5) is 0 Å². The smallest absolute Gasteiger partial charge is 0.232 e. The minimum atomic E-state index is -0.0914. The third-order valence-electron chi connectivity index (χ3n) is 4.78. The lowest BCUT2D eigenvalue weighted by Gasteiger charge is -2.15. The van der Waals surface area contributed by atoms with E-state index in [1.54, 1.807) is 18.7 Å². The molecule has 1 saturated heterocycles. The van der Waals surface area contributed by atoms with Gasteiger partial charge in [-0.15, -0.1) is 0 Å². The fourth-order valence-electron chi connectivity index (χ4n) is 3.40. The van der Waals surface area contributed by atoms with Crippen LogP contribution in [0.2, 0.25) is 0 Å². The monoisotopic (exact) mass is 360 g/mol. The zero-order chi connectivity index (χ0) is 18.2. The van der Waals surface area contributed by atoms with Crippen molar-refractivity contribution in [2.45, 2.75) is 18.9 Å². The van der Waals surface area contributed by atoms with Crippen LogP contribution >= 0.6 is 0 Å². The summed E-state index contributed by atoms with van der Waals surface area (Å²) in [4.78, 5) is 30.1. The van der Waals surface area contributed by atoms with Gasteiger partial charge in [-0.25, -0.2) is 4.98 Å². The van der Waals surface area contributed by atoms with Crippen LogP contribution in [0.5, 0.6) is 0 Å². The average molecular weight is 360 g/mol. The Bertz CT molecular complexity index is 1100.